The van der Waals surface area contributed by atoms with Gasteiger partial charge >= 0.3 is 0 Å². The van der Waals surface area contributed by atoms with Crippen LogP contribution in [0, 0.1) is 0 Å². The molecule has 3 aliphatic rings. The molecule has 0 unspecified atom stereocenters. The highest BCUT2D eigenvalue weighted by Crippen LogP contribution is 2.18. The SMILES string of the molecule is C1CNCCNCN(c2nc(N3CNCCNCCCNCCNC3)nc(N3CNCCNCCCNCCNC3)n2)CNCCNC1. The summed E-state index contributed by atoms with van der Waals surface area (Å²) in [5.41, 5.74) is 0. The molecule has 3 saturated heterocycles. The van der Waals surface area contributed by atoms with E-state index in [2.05, 4.69) is 78.5 Å². The molecule has 0 aromatic carbocycles. The summed E-state index contributed by atoms with van der Waals surface area (Å²) in [5, 5.41) is 42.8. The maximum atomic E-state index is 5.12. The van der Waals surface area contributed by atoms with Crippen LogP contribution in [0.2, 0.25) is 0 Å². The predicted molar refractivity (Wildman–Crippen MR) is 196 cm³/mol. The third-order valence-electron chi connectivity index (χ3n) is 8.26. The first-order valence-corrected chi connectivity index (χ1v) is 18.4. The minimum absolute atomic E-state index is 0.618. The van der Waals surface area contributed by atoms with Crippen molar-refractivity contribution < 1.29 is 0 Å². The van der Waals surface area contributed by atoms with Gasteiger partial charge in [0, 0.05) is 78.5 Å². The van der Waals surface area contributed by atoms with Gasteiger partial charge in [-0.15, -0.1) is 0 Å². The first kappa shape index (κ1) is 38.7. The van der Waals surface area contributed by atoms with E-state index in [1.54, 1.807) is 0 Å². The van der Waals surface area contributed by atoms with Gasteiger partial charge in [0.15, 0.2) is 0 Å². The van der Waals surface area contributed by atoms with Gasteiger partial charge in [0.25, 0.3) is 0 Å². The average Bonchev–Trinajstić information content (AvgIpc) is 3.10. The van der Waals surface area contributed by atoms with Crippen molar-refractivity contribution in [1.82, 2.24) is 78.8 Å². The molecule has 0 aliphatic carbocycles. The summed E-state index contributed by atoms with van der Waals surface area (Å²) < 4.78 is 0. The molecule has 12 N–H and O–H groups in total. The fourth-order valence-corrected chi connectivity index (χ4v) is 5.47. The number of nitrogens with one attached hydrogen (secondary N) is 12. The van der Waals surface area contributed by atoms with Crippen LogP contribution >= 0.6 is 0 Å². The lowest BCUT2D eigenvalue weighted by Gasteiger charge is -2.30. The van der Waals surface area contributed by atoms with E-state index in [-0.39, 0.29) is 0 Å². The summed E-state index contributed by atoms with van der Waals surface area (Å²) in [6.45, 7) is 20.4. The molecule has 1 aromatic heterocycles. The molecular weight excluding hydrogens is 612 g/mol. The second-order valence-corrected chi connectivity index (χ2v) is 12.4. The first-order valence-electron chi connectivity index (χ1n) is 18.4. The van der Waals surface area contributed by atoms with Crippen molar-refractivity contribution in [2.75, 3.05) is 173 Å². The zero-order valence-corrected chi connectivity index (χ0v) is 29.3. The normalized spacial score (nSPS) is 23.4. The molecule has 18 heteroatoms. The van der Waals surface area contributed by atoms with Crippen LogP contribution in [-0.2, 0) is 0 Å². The van der Waals surface area contributed by atoms with Crippen molar-refractivity contribution in [2.24, 2.45) is 0 Å². The summed E-state index contributed by atoms with van der Waals surface area (Å²) in [7, 11) is 0. The van der Waals surface area contributed by atoms with Crippen molar-refractivity contribution >= 4 is 17.8 Å². The molecule has 1 aromatic rings. The summed E-state index contributed by atoms with van der Waals surface area (Å²) in [5.74, 6) is 1.94. The van der Waals surface area contributed by atoms with Crippen LogP contribution in [-0.4, -0.2) is 173 Å². The van der Waals surface area contributed by atoms with E-state index < -0.39 is 0 Å². The number of rotatable bonds is 3. The molecule has 3 aliphatic heterocycles. The number of aromatic nitrogens is 3. The first-order chi connectivity index (χ1) is 23.9. The van der Waals surface area contributed by atoms with Crippen LogP contribution in [0.1, 0.15) is 19.3 Å². The number of anilines is 3. The van der Waals surface area contributed by atoms with Gasteiger partial charge in [-0.25, -0.2) is 0 Å². The van der Waals surface area contributed by atoms with E-state index >= 15 is 0 Å². The number of hydrogen-bond donors (Lipinski definition) is 12. The van der Waals surface area contributed by atoms with Crippen molar-refractivity contribution in [2.45, 2.75) is 19.3 Å². The molecule has 3 fully saturated rings. The van der Waals surface area contributed by atoms with Crippen molar-refractivity contribution in [1.29, 1.82) is 0 Å². The number of nitrogens with zero attached hydrogens (tertiary/aromatic N) is 6. The van der Waals surface area contributed by atoms with Gasteiger partial charge in [0.05, 0.1) is 40.0 Å². The third kappa shape index (κ3) is 16.6. The Balaban J connectivity index is 1.58. The van der Waals surface area contributed by atoms with Crippen LogP contribution < -0.4 is 78.5 Å². The van der Waals surface area contributed by atoms with Crippen molar-refractivity contribution in [3.8, 4) is 0 Å². The van der Waals surface area contributed by atoms with Crippen molar-refractivity contribution in [3.63, 3.8) is 0 Å². The van der Waals surface area contributed by atoms with Gasteiger partial charge in [-0.2, -0.15) is 15.0 Å². The van der Waals surface area contributed by atoms with E-state index in [1.807, 2.05) is 0 Å². The quantitative estimate of drug-likeness (QED) is 0.146. The highest BCUT2D eigenvalue weighted by molar-refractivity contribution is 5.46. The fourth-order valence-electron chi connectivity index (χ4n) is 5.47. The second kappa shape index (κ2) is 25.8. The number of hydrogen-bond acceptors (Lipinski definition) is 18. The van der Waals surface area contributed by atoms with E-state index in [0.717, 1.165) is 137 Å². The summed E-state index contributed by atoms with van der Waals surface area (Å²) in [6, 6.07) is 0. The summed E-state index contributed by atoms with van der Waals surface area (Å²) in [4.78, 5) is 21.9. The zero-order valence-electron chi connectivity index (χ0n) is 29.3. The topological polar surface area (TPSA) is 193 Å². The molecule has 0 amide bonds. The average molecular weight is 679 g/mol. The Bertz CT molecular complexity index is 759. The fraction of sp³-hybridized carbons (Fsp3) is 0.900. The smallest absolute Gasteiger partial charge is 0.234 e. The van der Waals surface area contributed by atoms with E-state index in [4.69, 9.17) is 15.0 Å². The molecule has 276 valence electrons. The molecule has 4 rings (SSSR count). The van der Waals surface area contributed by atoms with Gasteiger partial charge in [-0.3, -0.25) is 31.9 Å². The van der Waals surface area contributed by atoms with Gasteiger partial charge in [-0.05, 0) is 58.5 Å². The maximum Gasteiger partial charge on any atom is 0.234 e. The lowest BCUT2D eigenvalue weighted by Crippen LogP contribution is -2.48. The Morgan fingerprint density at radius 3 is 0.646 bits per heavy atom. The molecule has 0 saturated carbocycles. The molecule has 0 spiro atoms. The van der Waals surface area contributed by atoms with E-state index in [0.29, 0.717) is 57.9 Å². The molecular formula is C30H66N18. The molecule has 4 heterocycles. The lowest BCUT2D eigenvalue weighted by molar-refractivity contribution is 0.515. The Labute approximate surface area is 288 Å². The van der Waals surface area contributed by atoms with Gasteiger partial charge in [0.1, 0.15) is 0 Å². The molecule has 0 bridgehead atoms. The van der Waals surface area contributed by atoms with Crippen LogP contribution in [0.25, 0.3) is 0 Å². The van der Waals surface area contributed by atoms with Crippen LogP contribution in [0.5, 0.6) is 0 Å². The minimum atomic E-state index is 0.618. The summed E-state index contributed by atoms with van der Waals surface area (Å²) >= 11 is 0. The lowest BCUT2D eigenvalue weighted by atomic mass is 10.4. The summed E-state index contributed by atoms with van der Waals surface area (Å²) in [6.07, 6.45) is 3.38. The molecule has 18 nitrogen and oxygen atoms in total. The second-order valence-electron chi connectivity index (χ2n) is 12.4. The standard InChI is InChI=1S/C30H66N18/c1-4-31-10-16-37-22-46(23-38-17-11-32-5-1)28-43-29(47-24-39-18-12-33-6-2-7-34-13-19-40-25-47)45-30(44-28)48-26-41-20-14-35-8-3-9-36-15-21-42-27-48/h31-42H,1-27H2. The largest absolute Gasteiger partial charge is 0.315 e. The van der Waals surface area contributed by atoms with Gasteiger partial charge in [-0.1, -0.05) is 0 Å². The Hall–Kier alpha value is -2.07. The zero-order chi connectivity index (χ0) is 33.2. The monoisotopic (exact) mass is 679 g/mol. The maximum absolute atomic E-state index is 5.12. The highest BCUT2D eigenvalue weighted by Gasteiger charge is 2.21. The Morgan fingerprint density at radius 2 is 0.438 bits per heavy atom. The Morgan fingerprint density at radius 1 is 0.250 bits per heavy atom. The van der Waals surface area contributed by atoms with E-state index in [1.165, 1.54) is 0 Å². The van der Waals surface area contributed by atoms with E-state index in [9.17, 15) is 0 Å². The van der Waals surface area contributed by atoms with Gasteiger partial charge in [0.2, 0.25) is 17.8 Å². The Kier molecular flexibility index (Phi) is 20.8. The van der Waals surface area contributed by atoms with Crippen LogP contribution in [0.4, 0.5) is 17.8 Å². The third-order valence-corrected chi connectivity index (χ3v) is 8.26. The predicted octanol–water partition coefficient (Wildman–Crippen LogP) is -4.68. The molecule has 0 radical (unpaired) electrons. The van der Waals surface area contributed by atoms with Crippen LogP contribution in [0.15, 0.2) is 0 Å². The van der Waals surface area contributed by atoms with Gasteiger partial charge < -0.3 is 46.6 Å². The molecule has 48 heavy (non-hydrogen) atoms. The molecule has 0 atom stereocenters. The van der Waals surface area contributed by atoms with Crippen molar-refractivity contribution in [3.05, 3.63) is 0 Å². The van der Waals surface area contributed by atoms with Crippen LogP contribution in [0.3, 0.4) is 0 Å². The minimum Gasteiger partial charge on any atom is -0.315 e. The highest BCUT2D eigenvalue weighted by atomic mass is 15.5.